The first kappa shape index (κ1) is 19.7. The number of nitrogens with zero attached hydrogens (tertiary/aromatic N) is 2. The van der Waals surface area contributed by atoms with E-state index in [4.69, 9.17) is 20.8 Å². The predicted molar refractivity (Wildman–Crippen MR) is 113 cm³/mol. The Kier molecular flexibility index (Phi) is 5.77. The van der Waals surface area contributed by atoms with E-state index in [1.54, 1.807) is 37.4 Å². The van der Waals surface area contributed by atoms with Crippen LogP contribution < -0.4 is 10.1 Å². The van der Waals surface area contributed by atoms with Gasteiger partial charge < -0.3 is 14.5 Å². The Bertz CT molecular complexity index is 1160. The standard InChI is InChI=1S/C23H18ClN3O3/c1-29-17-11-7-10-16(14-17)21(28)25-20(18-12-5-6-13-19(18)24)23-27-26-22(30-23)15-8-3-2-4-9-15/h2-14,20H,1H3,(H,25,28). The quantitative estimate of drug-likeness (QED) is 0.480. The third-order valence-corrected chi connectivity index (χ3v) is 4.88. The molecule has 1 atom stereocenters. The van der Waals surface area contributed by atoms with Gasteiger partial charge in [0.15, 0.2) is 0 Å². The molecule has 0 aliphatic rings. The van der Waals surface area contributed by atoms with Crippen molar-refractivity contribution in [2.24, 2.45) is 0 Å². The predicted octanol–water partition coefficient (Wildman–Crippen LogP) is 4.92. The van der Waals surface area contributed by atoms with E-state index in [0.717, 1.165) is 5.56 Å². The zero-order chi connectivity index (χ0) is 20.9. The summed E-state index contributed by atoms with van der Waals surface area (Å²) in [4.78, 5) is 13.0. The molecule has 4 rings (SSSR count). The van der Waals surface area contributed by atoms with E-state index in [0.29, 0.717) is 27.8 Å². The molecule has 0 bridgehead atoms. The lowest BCUT2D eigenvalue weighted by atomic mass is 10.1. The van der Waals surface area contributed by atoms with Crippen LogP contribution in [0.3, 0.4) is 0 Å². The van der Waals surface area contributed by atoms with Crippen LogP contribution in [0.2, 0.25) is 5.02 Å². The summed E-state index contributed by atoms with van der Waals surface area (Å²) in [5.41, 5.74) is 1.88. The number of halogens is 1. The summed E-state index contributed by atoms with van der Waals surface area (Å²) in [6, 6.07) is 22.8. The maximum absolute atomic E-state index is 13.0. The van der Waals surface area contributed by atoms with Gasteiger partial charge in [-0.2, -0.15) is 0 Å². The number of benzene rings is 3. The van der Waals surface area contributed by atoms with Crippen LogP contribution in [0.15, 0.2) is 83.3 Å². The molecule has 1 N–H and O–H groups in total. The highest BCUT2D eigenvalue weighted by Crippen LogP contribution is 2.30. The smallest absolute Gasteiger partial charge is 0.252 e. The second kappa shape index (κ2) is 8.80. The van der Waals surface area contributed by atoms with Crippen molar-refractivity contribution in [2.75, 3.05) is 7.11 Å². The topological polar surface area (TPSA) is 77.2 Å². The van der Waals surface area contributed by atoms with Gasteiger partial charge in [0.2, 0.25) is 11.8 Å². The van der Waals surface area contributed by atoms with Crippen LogP contribution in [0.5, 0.6) is 5.75 Å². The lowest BCUT2D eigenvalue weighted by molar-refractivity contribution is 0.0937. The Morgan fingerprint density at radius 1 is 1.00 bits per heavy atom. The number of carbonyl (C=O) groups is 1. The van der Waals surface area contributed by atoms with Crippen LogP contribution in [0.4, 0.5) is 0 Å². The molecular weight excluding hydrogens is 402 g/mol. The number of hydrogen-bond donors (Lipinski definition) is 1. The molecule has 1 aromatic heterocycles. The normalized spacial score (nSPS) is 11.7. The van der Waals surface area contributed by atoms with Crippen LogP contribution in [0, 0.1) is 0 Å². The van der Waals surface area contributed by atoms with Gasteiger partial charge in [-0.05, 0) is 36.4 Å². The van der Waals surface area contributed by atoms with E-state index in [1.165, 1.54) is 0 Å². The zero-order valence-corrected chi connectivity index (χ0v) is 16.8. The molecule has 1 amide bonds. The van der Waals surface area contributed by atoms with Gasteiger partial charge in [-0.15, -0.1) is 10.2 Å². The van der Waals surface area contributed by atoms with Crippen molar-refractivity contribution in [3.05, 3.63) is 101 Å². The molecule has 4 aromatic rings. The van der Waals surface area contributed by atoms with E-state index in [1.807, 2.05) is 48.5 Å². The molecule has 0 spiro atoms. The molecule has 7 heteroatoms. The number of rotatable bonds is 6. The van der Waals surface area contributed by atoms with E-state index in [2.05, 4.69) is 15.5 Å². The summed E-state index contributed by atoms with van der Waals surface area (Å²) in [5.74, 6) is 0.857. The number of nitrogens with one attached hydrogen (secondary N) is 1. The molecule has 30 heavy (non-hydrogen) atoms. The number of hydrogen-bond acceptors (Lipinski definition) is 5. The van der Waals surface area contributed by atoms with E-state index in [-0.39, 0.29) is 11.8 Å². The Labute approximate surface area is 178 Å². The van der Waals surface area contributed by atoms with Gasteiger partial charge in [0.1, 0.15) is 11.8 Å². The first-order valence-corrected chi connectivity index (χ1v) is 9.61. The van der Waals surface area contributed by atoms with Gasteiger partial charge in [-0.3, -0.25) is 4.79 Å². The molecule has 1 unspecified atom stereocenters. The van der Waals surface area contributed by atoms with Crippen LogP contribution in [-0.2, 0) is 0 Å². The molecular formula is C23H18ClN3O3. The molecule has 1 heterocycles. The average molecular weight is 420 g/mol. The van der Waals surface area contributed by atoms with Crippen molar-refractivity contribution >= 4 is 17.5 Å². The summed E-state index contributed by atoms with van der Waals surface area (Å²) in [6.07, 6.45) is 0. The van der Waals surface area contributed by atoms with Gasteiger partial charge in [-0.1, -0.05) is 54.1 Å². The minimum Gasteiger partial charge on any atom is -0.497 e. The summed E-state index contributed by atoms with van der Waals surface area (Å²) >= 11 is 6.41. The Morgan fingerprint density at radius 3 is 2.53 bits per heavy atom. The Hall–Kier alpha value is -3.64. The molecule has 0 saturated carbocycles. The lowest BCUT2D eigenvalue weighted by Crippen LogP contribution is -2.29. The second-order valence-electron chi connectivity index (χ2n) is 6.47. The maximum atomic E-state index is 13.0. The molecule has 0 saturated heterocycles. The van der Waals surface area contributed by atoms with Gasteiger partial charge in [0.25, 0.3) is 5.91 Å². The number of methoxy groups -OCH3 is 1. The monoisotopic (exact) mass is 419 g/mol. The molecule has 3 aromatic carbocycles. The van der Waals surface area contributed by atoms with E-state index < -0.39 is 6.04 Å². The summed E-state index contributed by atoms with van der Waals surface area (Å²) in [7, 11) is 1.55. The minimum atomic E-state index is -0.720. The van der Waals surface area contributed by atoms with E-state index in [9.17, 15) is 4.79 Å². The summed E-state index contributed by atoms with van der Waals surface area (Å²) in [6.45, 7) is 0. The van der Waals surface area contributed by atoms with Crippen LogP contribution in [0.25, 0.3) is 11.5 Å². The number of aromatic nitrogens is 2. The highest BCUT2D eigenvalue weighted by molar-refractivity contribution is 6.31. The zero-order valence-electron chi connectivity index (χ0n) is 16.1. The highest BCUT2D eigenvalue weighted by atomic mass is 35.5. The molecule has 0 fully saturated rings. The Balaban J connectivity index is 1.70. The number of amides is 1. The highest BCUT2D eigenvalue weighted by Gasteiger charge is 2.26. The molecule has 0 aliphatic carbocycles. The van der Waals surface area contributed by atoms with Crippen molar-refractivity contribution in [2.45, 2.75) is 6.04 Å². The first-order chi connectivity index (χ1) is 14.7. The molecule has 150 valence electrons. The van der Waals surface area contributed by atoms with Crippen molar-refractivity contribution < 1.29 is 13.9 Å². The van der Waals surface area contributed by atoms with Crippen molar-refractivity contribution in [3.8, 4) is 17.2 Å². The molecule has 0 aliphatic heterocycles. The number of carbonyl (C=O) groups excluding carboxylic acids is 1. The lowest BCUT2D eigenvalue weighted by Gasteiger charge is -2.17. The van der Waals surface area contributed by atoms with Crippen molar-refractivity contribution in [1.29, 1.82) is 0 Å². The fourth-order valence-electron chi connectivity index (χ4n) is 3.01. The van der Waals surface area contributed by atoms with Crippen LogP contribution in [-0.4, -0.2) is 23.2 Å². The third kappa shape index (κ3) is 4.18. The fourth-order valence-corrected chi connectivity index (χ4v) is 3.25. The van der Waals surface area contributed by atoms with Gasteiger partial charge >= 0.3 is 0 Å². The molecule has 6 nitrogen and oxygen atoms in total. The van der Waals surface area contributed by atoms with E-state index >= 15 is 0 Å². The summed E-state index contributed by atoms with van der Waals surface area (Å²) < 4.78 is 11.1. The average Bonchev–Trinajstić information content (AvgIpc) is 3.28. The van der Waals surface area contributed by atoms with Crippen molar-refractivity contribution in [3.63, 3.8) is 0 Å². The fraction of sp³-hybridized carbons (Fsp3) is 0.0870. The summed E-state index contributed by atoms with van der Waals surface area (Å²) in [5, 5.41) is 11.7. The first-order valence-electron chi connectivity index (χ1n) is 9.24. The third-order valence-electron chi connectivity index (χ3n) is 4.53. The van der Waals surface area contributed by atoms with Crippen molar-refractivity contribution in [1.82, 2.24) is 15.5 Å². The van der Waals surface area contributed by atoms with Gasteiger partial charge in [0, 0.05) is 21.7 Å². The van der Waals surface area contributed by atoms with Gasteiger partial charge in [-0.25, -0.2) is 0 Å². The van der Waals surface area contributed by atoms with Crippen LogP contribution >= 0.6 is 11.6 Å². The largest absolute Gasteiger partial charge is 0.497 e. The van der Waals surface area contributed by atoms with Crippen LogP contribution in [0.1, 0.15) is 27.9 Å². The minimum absolute atomic E-state index is 0.234. The Morgan fingerprint density at radius 2 is 1.77 bits per heavy atom. The number of ether oxygens (including phenoxy) is 1. The maximum Gasteiger partial charge on any atom is 0.252 e. The van der Waals surface area contributed by atoms with Gasteiger partial charge in [0.05, 0.1) is 7.11 Å². The SMILES string of the molecule is COc1cccc(C(=O)NC(c2nnc(-c3ccccc3)o2)c2ccccc2Cl)c1. The molecule has 0 radical (unpaired) electrons. The second-order valence-corrected chi connectivity index (χ2v) is 6.88.